The van der Waals surface area contributed by atoms with E-state index in [1.54, 1.807) is 5.38 Å². The molecule has 1 heterocycles. The molecule has 0 aliphatic rings. The largest absolute Gasteiger partial charge is 0.465 e. The van der Waals surface area contributed by atoms with Crippen LogP contribution >= 0.6 is 46.1 Å². The lowest BCUT2D eigenvalue weighted by Gasteiger charge is -2.11. The van der Waals surface area contributed by atoms with Crippen molar-refractivity contribution in [3.05, 3.63) is 16.3 Å². The third-order valence-electron chi connectivity index (χ3n) is 1.54. The second-order valence-electron chi connectivity index (χ2n) is 2.61. The standard InChI is InChI=1S/C8H6Cl3NO3S/c1-15-6(13)5-4(2-3-16-5)12-7(14)8(9,10)11/h2-3H,1H3,(H,12,14). The molecule has 88 valence electrons. The highest BCUT2D eigenvalue weighted by atomic mass is 35.6. The van der Waals surface area contributed by atoms with Crippen molar-refractivity contribution in [3.63, 3.8) is 0 Å². The number of amides is 1. The molecule has 0 aromatic carbocycles. The van der Waals surface area contributed by atoms with Gasteiger partial charge in [0.15, 0.2) is 0 Å². The highest BCUT2D eigenvalue weighted by Crippen LogP contribution is 2.30. The molecular formula is C8H6Cl3NO3S. The van der Waals surface area contributed by atoms with Crippen molar-refractivity contribution in [2.24, 2.45) is 0 Å². The lowest BCUT2D eigenvalue weighted by molar-refractivity contribution is -0.115. The predicted molar refractivity (Wildman–Crippen MR) is 64.6 cm³/mol. The van der Waals surface area contributed by atoms with Gasteiger partial charge in [-0.2, -0.15) is 0 Å². The maximum atomic E-state index is 11.3. The Bertz CT molecular complexity index is 413. The van der Waals surface area contributed by atoms with Gasteiger partial charge in [-0.05, 0) is 11.4 Å². The molecule has 1 N–H and O–H groups in total. The van der Waals surface area contributed by atoms with E-state index in [9.17, 15) is 9.59 Å². The Morgan fingerprint density at radius 1 is 1.44 bits per heavy atom. The molecule has 1 aromatic rings. The summed E-state index contributed by atoms with van der Waals surface area (Å²) in [7, 11) is 1.24. The van der Waals surface area contributed by atoms with Crippen LogP contribution in [0.3, 0.4) is 0 Å². The molecule has 4 nitrogen and oxygen atoms in total. The van der Waals surface area contributed by atoms with Crippen LogP contribution in [0.4, 0.5) is 5.69 Å². The highest BCUT2D eigenvalue weighted by Gasteiger charge is 2.31. The van der Waals surface area contributed by atoms with E-state index in [1.165, 1.54) is 13.2 Å². The van der Waals surface area contributed by atoms with Crippen molar-refractivity contribution in [1.82, 2.24) is 0 Å². The van der Waals surface area contributed by atoms with Crippen molar-refractivity contribution in [2.45, 2.75) is 3.79 Å². The molecule has 0 fully saturated rings. The Balaban J connectivity index is 2.87. The molecule has 0 aliphatic carbocycles. The van der Waals surface area contributed by atoms with Gasteiger partial charge in [0.1, 0.15) is 4.88 Å². The Morgan fingerprint density at radius 3 is 2.56 bits per heavy atom. The first-order valence-electron chi connectivity index (χ1n) is 3.90. The van der Waals surface area contributed by atoms with Gasteiger partial charge in [-0.25, -0.2) is 4.79 Å². The molecule has 0 unspecified atom stereocenters. The van der Waals surface area contributed by atoms with Crippen LogP contribution in [0.15, 0.2) is 11.4 Å². The van der Waals surface area contributed by atoms with Gasteiger partial charge in [0.2, 0.25) is 0 Å². The third kappa shape index (κ3) is 3.25. The average Bonchev–Trinajstić information content (AvgIpc) is 2.63. The number of alkyl halides is 3. The predicted octanol–water partition coefficient (Wildman–Crippen LogP) is 2.84. The number of carbonyl (C=O) groups excluding carboxylic acids is 2. The summed E-state index contributed by atoms with van der Waals surface area (Å²) in [4.78, 5) is 22.8. The van der Waals surface area contributed by atoms with Gasteiger partial charge in [0, 0.05) is 0 Å². The Kier molecular flexibility index (Phi) is 4.43. The minimum absolute atomic E-state index is 0.241. The van der Waals surface area contributed by atoms with Crippen molar-refractivity contribution >= 4 is 63.7 Å². The molecule has 0 aliphatic heterocycles. The molecule has 1 aromatic heterocycles. The van der Waals surface area contributed by atoms with Crippen LogP contribution in [0.25, 0.3) is 0 Å². The smallest absolute Gasteiger partial charge is 0.350 e. The molecule has 0 radical (unpaired) electrons. The van der Waals surface area contributed by atoms with Gasteiger partial charge in [-0.3, -0.25) is 4.79 Å². The lowest BCUT2D eigenvalue weighted by atomic mass is 10.4. The van der Waals surface area contributed by atoms with Crippen LogP contribution in [0, 0.1) is 0 Å². The first-order chi connectivity index (χ1) is 7.36. The number of ether oxygens (including phenoxy) is 1. The summed E-state index contributed by atoms with van der Waals surface area (Å²) >= 11 is 17.2. The van der Waals surface area contributed by atoms with Crippen molar-refractivity contribution < 1.29 is 14.3 Å². The zero-order valence-electron chi connectivity index (χ0n) is 7.92. The maximum Gasteiger partial charge on any atom is 0.350 e. The van der Waals surface area contributed by atoms with E-state index < -0.39 is 15.7 Å². The van der Waals surface area contributed by atoms with Gasteiger partial charge in [0.25, 0.3) is 9.70 Å². The normalized spacial score (nSPS) is 11.0. The topological polar surface area (TPSA) is 55.4 Å². The number of hydrogen-bond donors (Lipinski definition) is 1. The van der Waals surface area contributed by atoms with Gasteiger partial charge in [-0.1, -0.05) is 34.8 Å². The number of nitrogens with one attached hydrogen (secondary N) is 1. The number of thiophene rings is 1. The second kappa shape index (κ2) is 5.23. The fourth-order valence-electron chi connectivity index (χ4n) is 0.852. The summed E-state index contributed by atoms with van der Waals surface area (Å²) in [5, 5.41) is 3.93. The molecule has 0 saturated carbocycles. The monoisotopic (exact) mass is 301 g/mol. The lowest BCUT2D eigenvalue weighted by Crippen LogP contribution is -2.27. The summed E-state index contributed by atoms with van der Waals surface area (Å²) in [6.07, 6.45) is 0. The Morgan fingerprint density at radius 2 is 2.06 bits per heavy atom. The van der Waals surface area contributed by atoms with E-state index in [0.29, 0.717) is 0 Å². The summed E-state index contributed by atoms with van der Waals surface area (Å²) in [5.41, 5.74) is 0.258. The Hall–Kier alpha value is -0.490. The van der Waals surface area contributed by atoms with Crippen LogP contribution in [0.5, 0.6) is 0 Å². The van der Waals surface area contributed by atoms with Gasteiger partial charge < -0.3 is 10.1 Å². The highest BCUT2D eigenvalue weighted by molar-refractivity contribution is 7.12. The molecular weight excluding hydrogens is 297 g/mol. The number of methoxy groups -OCH3 is 1. The van der Waals surface area contributed by atoms with Gasteiger partial charge in [-0.15, -0.1) is 11.3 Å². The van der Waals surface area contributed by atoms with E-state index in [-0.39, 0.29) is 10.6 Å². The summed E-state index contributed by atoms with van der Waals surface area (Å²) in [5.74, 6) is -1.39. The van der Waals surface area contributed by atoms with Crippen LogP contribution in [0.2, 0.25) is 0 Å². The number of anilines is 1. The zero-order chi connectivity index (χ0) is 12.3. The first kappa shape index (κ1) is 13.6. The van der Waals surface area contributed by atoms with Crippen LogP contribution in [-0.2, 0) is 9.53 Å². The number of rotatable bonds is 2. The number of esters is 1. The molecule has 0 bridgehead atoms. The molecule has 8 heteroatoms. The maximum absolute atomic E-state index is 11.3. The second-order valence-corrected chi connectivity index (χ2v) is 5.80. The molecule has 16 heavy (non-hydrogen) atoms. The third-order valence-corrected chi connectivity index (χ3v) is 2.95. The zero-order valence-corrected chi connectivity index (χ0v) is 11.0. The number of carbonyl (C=O) groups is 2. The average molecular weight is 303 g/mol. The summed E-state index contributed by atoms with van der Waals surface area (Å²) in [6, 6.07) is 1.52. The van der Waals surface area contributed by atoms with E-state index >= 15 is 0 Å². The van der Waals surface area contributed by atoms with Crippen molar-refractivity contribution in [2.75, 3.05) is 12.4 Å². The fraction of sp³-hybridized carbons (Fsp3) is 0.250. The van der Waals surface area contributed by atoms with E-state index in [0.717, 1.165) is 11.3 Å². The van der Waals surface area contributed by atoms with Crippen LogP contribution in [0.1, 0.15) is 9.67 Å². The van der Waals surface area contributed by atoms with Gasteiger partial charge in [0.05, 0.1) is 12.8 Å². The van der Waals surface area contributed by atoms with Crippen LogP contribution in [-0.4, -0.2) is 22.8 Å². The van der Waals surface area contributed by atoms with Gasteiger partial charge >= 0.3 is 5.97 Å². The van der Waals surface area contributed by atoms with Crippen LogP contribution < -0.4 is 5.32 Å². The first-order valence-corrected chi connectivity index (χ1v) is 5.91. The van der Waals surface area contributed by atoms with Crippen molar-refractivity contribution in [1.29, 1.82) is 0 Å². The van der Waals surface area contributed by atoms with Crippen molar-refractivity contribution in [3.8, 4) is 0 Å². The molecule has 1 rings (SSSR count). The number of hydrogen-bond acceptors (Lipinski definition) is 4. The molecule has 1 amide bonds. The van der Waals surface area contributed by atoms with E-state index in [4.69, 9.17) is 34.8 Å². The minimum Gasteiger partial charge on any atom is -0.465 e. The quantitative estimate of drug-likeness (QED) is 0.675. The van der Waals surface area contributed by atoms with E-state index in [1.807, 2.05) is 0 Å². The Labute approximate surface area is 110 Å². The minimum atomic E-state index is -2.07. The molecule has 0 saturated heterocycles. The summed E-state index contributed by atoms with van der Waals surface area (Å²) in [6.45, 7) is 0. The summed E-state index contributed by atoms with van der Waals surface area (Å²) < 4.78 is 2.45. The fourth-order valence-corrected chi connectivity index (χ4v) is 1.76. The SMILES string of the molecule is COC(=O)c1sccc1NC(=O)C(Cl)(Cl)Cl. The molecule has 0 atom stereocenters. The number of halogens is 3. The molecule has 0 spiro atoms. The van der Waals surface area contributed by atoms with E-state index in [2.05, 4.69) is 10.1 Å².